The summed E-state index contributed by atoms with van der Waals surface area (Å²) in [7, 11) is 0. The van der Waals surface area contributed by atoms with Crippen molar-refractivity contribution in [1.29, 1.82) is 0 Å². The lowest BCUT2D eigenvalue weighted by atomic mass is 10.2. The molecule has 1 heterocycles. The topological polar surface area (TPSA) is 53.6 Å². The minimum Gasteiger partial charge on any atom is -0.338 e. The van der Waals surface area contributed by atoms with E-state index in [4.69, 9.17) is 17.4 Å². The predicted octanol–water partition coefficient (Wildman–Crippen LogP) is 0.960. The quantitative estimate of drug-likeness (QED) is 0.653. The van der Waals surface area contributed by atoms with E-state index in [1.807, 2.05) is 53.4 Å². The van der Waals surface area contributed by atoms with Crippen LogP contribution >= 0.6 is 11.6 Å². The summed E-state index contributed by atoms with van der Waals surface area (Å²) in [6.07, 6.45) is 1.76. The summed E-state index contributed by atoms with van der Waals surface area (Å²) >= 11 is 6.21. The van der Waals surface area contributed by atoms with E-state index in [1.165, 1.54) is 0 Å². The maximum atomic E-state index is 6.21. The second kappa shape index (κ2) is 5.63. The van der Waals surface area contributed by atoms with E-state index in [0.29, 0.717) is 6.54 Å². The summed E-state index contributed by atoms with van der Waals surface area (Å²) in [6.45, 7) is 0.645. The van der Waals surface area contributed by atoms with Gasteiger partial charge >= 0.3 is 0 Å². The molecule has 0 amide bonds. The van der Waals surface area contributed by atoms with Gasteiger partial charge < -0.3 is 4.90 Å². The average molecular weight is 287 g/mol. The zero-order chi connectivity index (χ0) is 13.9. The Morgan fingerprint density at radius 3 is 2.70 bits per heavy atom. The number of nitrogens with zero attached hydrogens (tertiary/aromatic N) is 2. The van der Waals surface area contributed by atoms with Gasteiger partial charge in [-0.25, -0.2) is 10.4 Å². The molecule has 3 N–H and O–H groups in total. The first-order valence-corrected chi connectivity index (χ1v) is 6.76. The van der Waals surface area contributed by atoms with E-state index in [1.54, 1.807) is 0 Å². The van der Waals surface area contributed by atoms with Crippen LogP contribution in [0, 0.1) is 0 Å². The standard InChI is InChI=1S/C15H15ClN4/c16-13-7-3-1-5-11(13)9-20-10-12-6-2-4-8-14(12)18-15(20)19-17/h1-8,10,15,19H,9,17H2. The van der Waals surface area contributed by atoms with Crippen LogP contribution in [0.2, 0.25) is 5.02 Å². The van der Waals surface area contributed by atoms with Gasteiger partial charge in [0.15, 0.2) is 6.29 Å². The van der Waals surface area contributed by atoms with Gasteiger partial charge in [-0.2, -0.15) is 0 Å². The number of benzene rings is 2. The summed E-state index contributed by atoms with van der Waals surface area (Å²) in [4.78, 5) is 6.62. The third-order valence-electron chi connectivity index (χ3n) is 3.28. The molecule has 1 unspecified atom stereocenters. The molecule has 102 valence electrons. The molecule has 5 heteroatoms. The van der Waals surface area contributed by atoms with E-state index in [-0.39, 0.29) is 6.29 Å². The Hall–Kier alpha value is -1.88. The smallest absolute Gasteiger partial charge is 0.188 e. The number of nitrogens with one attached hydrogen (secondary N) is 1. The van der Waals surface area contributed by atoms with Crippen LogP contribution in [-0.4, -0.2) is 11.2 Å². The number of halogens is 1. The molecule has 20 heavy (non-hydrogen) atoms. The molecule has 0 fully saturated rings. The van der Waals surface area contributed by atoms with Gasteiger partial charge in [0.1, 0.15) is 0 Å². The van der Waals surface area contributed by atoms with E-state index in [9.17, 15) is 0 Å². The number of hydrogen-bond donors (Lipinski definition) is 2. The van der Waals surface area contributed by atoms with Gasteiger partial charge in [-0.3, -0.25) is 5.84 Å². The Morgan fingerprint density at radius 1 is 1.15 bits per heavy atom. The highest BCUT2D eigenvalue weighted by atomic mass is 35.5. The summed E-state index contributed by atoms with van der Waals surface area (Å²) in [5.41, 5.74) is 3.76. The monoisotopic (exact) mass is 286 g/mol. The fourth-order valence-corrected chi connectivity index (χ4v) is 2.45. The van der Waals surface area contributed by atoms with Crippen LogP contribution < -0.4 is 21.8 Å². The number of nitrogens with two attached hydrogens (primary N) is 1. The van der Waals surface area contributed by atoms with E-state index < -0.39 is 0 Å². The Labute approximate surface area is 122 Å². The fourth-order valence-electron chi connectivity index (χ4n) is 2.26. The first-order chi connectivity index (χ1) is 9.78. The fraction of sp³-hybridized carbons (Fsp3) is 0.133. The molecule has 0 saturated heterocycles. The molecular formula is C15H15ClN4. The van der Waals surface area contributed by atoms with Crippen molar-refractivity contribution >= 4 is 17.8 Å². The Kier molecular flexibility index (Phi) is 3.69. The summed E-state index contributed by atoms with van der Waals surface area (Å²) in [5.74, 6) is 5.60. The van der Waals surface area contributed by atoms with Gasteiger partial charge in [-0.15, -0.1) is 0 Å². The third kappa shape index (κ3) is 2.54. The zero-order valence-electron chi connectivity index (χ0n) is 10.8. The molecule has 2 aromatic carbocycles. The molecule has 0 saturated carbocycles. The van der Waals surface area contributed by atoms with Crippen LogP contribution in [0.1, 0.15) is 5.56 Å². The molecule has 0 bridgehead atoms. The van der Waals surface area contributed by atoms with Crippen LogP contribution in [0.3, 0.4) is 0 Å². The first kappa shape index (κ1) is 13.1. The minimum absolute atomic E-state index is 0.291. The van der Waals surface area contributed by atoms with Crippen LogP contribution in [0.15, 0.2) is 53.5 Å². The van der Waals surface area contributed by atoms with Crippen molar-refractivity contribution < 1.29 is 0 Å². The highest BCUT2D eigenvalue weighted by molar-refractivity contribution is 6.31. The predicted molar refractivity (Wildman–Crippen MR) is 79.8 cm³/mol. The summed E-state index contributed by atoms with van der Waals surface area (Å²) < 4.78 is 0. The largest absolute Gasteiger partial charge is 0.338 e. The maximum absolute atomic E-state index is 6.21. The Morgan fingerprint density at radius 2 is 1.90 bits per heavy atom. The normalized spacial score (nSPS) is 17.1. The highest BCUT2D eigenvalue weighted by Gasteiger charge is 2.16. The van der Waals surface area contributed by atoms with Crippen LogP contribution in [-0.2, 0) is 6.54 Å². The molecule has 4 nitrogen and oxygen atoms in total. The molecule has 1 atom stereocenters. The number of rotatable bonds is 3. The SMILES string of the molecule is NNC1N=c2ccccc2=CN1Cc1ccccc1Cl. The molecule has 0 radical (unpaired) electrons. The van der Waals surface area contributed by atoms with Gasteiger partial charge in [0.05, 0.1) is 5.36 Å². The average Bonchev–Trinajstić information content (AvgIpc) is 2.49. The van der Waals surface area contributed by atoms with Gasteiger partial charge in [0, 0.05) is 23.0 Å². The third-order valence-corrected chi connectivity index (χ3v) is 3.65. The van der Waals surface area contributed by atoms with Crippen molar-refractivity contribution in [2.24, 2.45) is 10.8 Å². The summed E-state index contributed by atoms with van der Waals surface area (Å²) in [5, 5.41) is 2.76. The number of hydrogen-bond acceptors (Lipinski definition) is 4. The molecule has 0 aromatic heterocycles. The van der Waals surface area contributed by atoms with E-state index in [2.05, 4.69) is 16.6 Å². The van der Waals surface area contributed by atoms with Crippen molar-refractivity contribution in [2.45, 2.75) is 12.8 Å². The van der Waals surface area contributed by atoms with Gasteiger partial charge in [-0.05, 0) is 17.7 Å². The van der Waals surface area contributed by atoms with Crippen molar-refractivity contribution in [3.63, 3.8) is 0 Å². The molecule has 2 aromatic rings. The van der Waals surface area contributed by atoms with Crippen LogP contribution in [0.25, 0.3) is 6.20 Å². The molecule has 3 rings (SSSR count). The summed E-state index contributed by atoms with van der Waals surface area (Å²) in [6, 6.07) is 15.8. The number of fused-ring (bicyclic) bond motifs is 1. The van der Waals surface area contributed by atoms with Crippen LogP contribution in [0.5, 0.6) is 0 Å². The van der Waals surface area contributed by atoms with Crippen molar-refractivity contribution in [3.05, 3.63) is 69.7 Å². The Bertz CT molecular complexity index is 729. The second-order valence-electron chi connectivity index (χ2n) is 4.62. The lowest BCUT2D eigenvalue weighted by Gasteiger charge is -2.29. The van der Waals surface area contributed by atoms with Gasteiger partial charge in [-0.1, -0.05) is 48.0 Å². The molecule has 1 aliphatic rings. The highest BCUT2D eigenvalue weighted by Crippen LogP contribution is 2.18. The molecule has 0 aliphatic carbocycles. The van der Waals surface area contributed by atoms with Crippen molar-refractivity contribution in [1.82, 2.24) is 10.3 Å². The van der Waals surface area contributed by atoms with E-state index in [0.717, 1.165) is 21.2 Å². The zero-order valence-corrected chi connectivity index (χ0v) is 11.6. The van der Waals surface area contributed by atoms with Crippen molar-refractivity contribution in [3.8, 4) is 0 Å². The van der Waals surface area contributed by atoms with Crippen LogP contribution in [0.4, 0.5) is 0 Å². The maximum Gasteiger partial charge on any atom is 0.188 e. The van der Waals surface area contributed by atoms with Crippen molar-refractivity contribution in [2.75, 3.05) is 0 Å². The number of hydrazine groups is 1. The lowest BCUT2D eigenvalue weighted by Crippen LogP contribution is -2.50. The van der Waals surface area contributed by atoms with E-state index >= 15 is 0 Å². The second-order valence-corrected chi connectivity index (χ2v) is 5.03. The first-order valence-electron chi connectivity index (χ1n) is 6.38. The molecular weight excluding hydrogens is 272 g/mol. The lowest BCUT2D eigenvalue weighted by molar-refractivity contribution is 0.250. The molecule has 1 aliphatic heterocycles. The minimum atomic E-state index is -0.291. The number of para-hydroxylation sites is 1. The van der Waals surface area contributed by atoms with Gasteiger partial charge in [0.2, 0.25) is 0 Å². The molecule has 0 spiro atoms. The van der Waals surface area contributed by atoms with Gasteiger partial charge in [0.25, 0.3) is 0 Å². The Balaban J connectivity index is 1.97.